The van der Waals surface area contributed by atoms with Gasteiger partial charge in [-0.15, -0.1) is 23.1 Å². The first kappa shape index (κ1) is 13.6. The maximum absolute atomic E-state index is 9.02. The number of rotatable bonds is 6. The van der Waals surface area contributed by atoms with Gasteiger partial charge in [-0.05, 0) is 30.9 Å². The van der Waals surface area contributed by atoms with Crippen LogP contribution >= 0.6 is 23.1 Å². The van der Waals surface area contributed by atoms with Crippen molar-refractivity contribution in [2.75, 3.05) is 23.9 Å². The summed E-state index contributed by atoms with van der Waals surface area (Å²) in [6.45, 7) is 3.25. The highest BCUT2D eigenvalue weighted by atomic mass is 32.2. The molecule has 1 aromatic heterocycles. The summed E-state index contributed by atoms with van der Waals surface area (Å²) in [6.07, 6.45) is 7.19. The highest BCUT2D eigenvalue weighted by Gasteiger charge is 2.41. The minimum Gasteiger partial charge on any atom is -0.396 e. The molecule has 0 atom stereocenters. The van der Waals surface area contributed by atoms with E-state index < -0.39 is 0 Å². The topological polar surface area (TPSA) is 61.8 Å². The van der Waals surface area contributed by atoms with E-state index in [1.807, 2.05) is 6.26 Å². The molecule has 0 aliphatic heterocycles. The lowest BCUT2D eigenvalue weighted by molar-refractivity contribution is 0.486. The van der Waals surface area contributed by atoms with Gasteiger partial charge < -0.3 is 11.1 Å². The number of nitriles is 1. The summed E-state index contributed by atoms with van der Waals surface area (Å²) in [7, 11) is 0. The van der Waals surface area contributed by atoms with Crippen LogP contribution in [0.5, 0.6) is 0 Å². The zero-order valence-electron chi connectivity index (χ0n) is 10.9. The van der Waals surface area contributed by atoms with Gasteiger partial charge in [-0.3, -0.25) is 0 Å². The van der Waals surface area contributed by atoms with E-state index in [9.17, 15) is 0 Å². The molecule has 0 radical (unpaired) electrons. The van der Waals surface area contributed by atoms with E-state index in [0.29, 0.717) is 16.0 Å². The summed E-state index contributed by atoms with van der Waals surface area (Å²) in [5.41, 5.74) is 7.11. The fourth-order valence-electron chi connectivity index (χ4n) is 2.32. The number of nitrogen functional groups attached to an aromatic ring is 1. The average molecular weight is 281 g/mol. The maximum atomic E-state index is 9.02. The van der Waals surface area contributed by atoms with E-state index in [2.05, 4.69) is 18.3 Å². The first-order valence-corrected chi connectivity index (χ1v) is 8.30. The van der Waals surface area contributed by atoms with Crippen LogP contribution in [0.25, 0.3) is 0 Å². The van der Waals surface area contributed by atoms with E-state index in [1.54, 1.807) is 11.8 Å². The Morgan fingerprint density at radius 3 is 2.78 bits per heavy atom. The monoisotopic (exact) mass is 281 g/mol. The molecule has 2 rings (SSSR count). The van der Waals surface area contributed by atoms with Crippen LogP contribution in [0, 0.1) is 16.7 Å². The molecule has 1 aromatic rings. The van der Waals surface area contributed by atoms with Crippen molar-refractivity contribution in [1.29, 1.82) is 5.26 Å². The molecule has 1 aliphatic carbocycles. The average Bonchev–Trinajstić information content (AvgIpc) is 3.05. The number of anilines is 2. The van der Waals surface area contributed by atoms with E-state index in [4.69, 9.17) is 11.0 Å². The molecule has 0 unspecified atom stereocenters. The molecule has 3 nitrogen and oxygen atoms in total. The van der Waals surface area contributed by atoms with Gasteiger partial charge in [0.05, 0.1) is 10.6 Å². The largest absolute Gasteiger partial charge is 0.396 e. The van der Waals surface area contributed by atoms with Gasteiger partial charge in [0.1, 0.15) is 15.9 Å². The van der Waals surface area contributed by atoms with E-state index in [1.165, 1.54) is 37.0 Å². The Morgan fingerprint density at radius 1 is 1.56 bits per heavy atom. The van der Waals surface area contributed by atoms with Gasteiger partial charge in [0, 0.05) is 6.54 Å². The summed E-state index contributed by atoms with van der Waals surface area (Å²) in [5.74, 6) is 0. The Labute approximate surface area is 117 Å². The van der Waals surface area contributed by atoms with Gasteiger partial charge in [-0.1, -0.05) is 13.3 Å². The van der Waals surface area contributed by atoms with Crippen molar-refractivity contribution in [2.24, 2.45) is 5.41 Å². The van der Waals surface area contributed by atoms with Gasteiger partial charge >= 0.3 is 0 Å². The van der Waals surface area contributed by atoms with Crippen LogP contribution in [0.1, 0.15) is 37.5 Å². The second kappa shape index (κ2) is 5.41. The van der Waals surface area contributed by atoms with Gasteiger partial charge in [0.25, 0.3) is 0 Å². The number of nitrogens with two attached hydrogens (primary N) is 1. The lowest BCUT2D eigenvalue weighted by Gasteiger charge is -2.15. The third-order valence-electron chi connectivity index (χ3n) is 3.57. The molecule has 5 heteroatoms. The molecule has 1 aliphatic rings. The Kier molecular flexibility index (Phi) is 4.08. The van der Waals surface area contributed by atoms with Crippen LogP contribution in [0.3, 0.4) is 0 Å². The highest BCUT2D eigenvalue weighted by molar-refractivity contribution is 7.99. The molecule has 0 saturated heterocycles. The quantitative estimate of drug-likeness (QED) is 0.776. The molecular weight excluding hydrogens is 262 g/mol. The van der Waals surface area contributed by atoms with Crippen molar-refractivity contribution in [2.45, 2.75) is 37.5 Å². The predicted octanol–water partition coefficient (Wildman–Crippen LogP) is 3.92. The molecule has 0 bridgehead atoms. The summed E-state index contributed by atoms with van der Waals surface area (Å²) in [6, 6.07) is 2.17. The molecule has 1 heterocycles. The Morgan fingerprint density at radius 2 is 2.28 bits per heavy atom. The van der Waals surface area contributed by atoms with E-state index >= 15 is 0 Å². The lowest BCUT2D eigenvalue weighted by atomic mass is 10.0. The number of hydrogen-bond donors (Lipinski definition) is 2. The molecule has 0 aromatic carbocycles. The number of nitrogens with zero attached hydrogens (tertiary/aromatic N) is 1. The lowest BCUT2D eigenvalue weighted by Crippen LogP contribution is -2.14. The first-order chi connectivity index (χ1) is 8.65. The van der Waals surface area contributed by atoms with Crippen LogP contribution in [-0.2, 0) is 0 Å². The molecule has 18 heavy (non-hydrogen) atoms. The van der Waals surface area contributed by atoms with Crippen molar-refractivity contribution in [3.05, 3.63) is 4.88 Å². The minimum absolute atomic E-state index is 0.510. The summed E-state index contributed by atoms with van der Waals surface area (Å²) < 4.78 is 0. The normalized spacial score (nSPS) is 16.3. The predicted molar refractivity (Wildman–Crippen MR) is 80.3 cm³/mol. The maximum Gasteiger partial charge on any atom is 0.131 e. The van der Waals surface area contributed by atoms with Crippen molar-refractivity contribution in [3.63, 3.8) is 0 Å². The van der Waals surface area contributed by atoms with E-state index in [-0.39, 0.29) is 0 Å². The van der Waals surface area contributed by atoms with Crippen molar-refractivity contribution in [1.82, 2.24) is 0 Å². The van der Waals surface area contributed by atoms with Gasteiger partial charge in [-0.2, -0.15) is 5.26 Å². The second-order valence-corrected chi connectivity index (χ2v) is 6.76. The third kappa shape index (κ3) is 2.60. The Balaban J connectivity index is 2.08. The fraction of sp³-hybridized carbons (Fsp3) is 0.615. The second-order valence-electron chi connectivity index (χ2n) is 4.92. The highest BCUT2D eigenvalue weighted by Crippen LogP contribution is 2.50. The molecule has 1 fully saturated rings. The standard InChI is InChI=1S/C13H19N3S2/c1-3-4-13(5-6-13)8-16-12-11(17-2)10(15)9(7-14)18-12/h16H,3-6,8,15H2,1-2H3. The van der Waals surface area contributed by atoms with Crippen molar-refractivity contribution in [3.8, 4) is 6.07 Å². The molecule has 1 saturated carbocycles. The molecule has 0 spiro atoms. The zero-order valence-corrected chi connectivity index (χ0v) is 12.5. The van der Waals surface area contributed by atoms with Gasteiger partial charge in [-0.25, -0.2) is 0 Å². The Bertz CT molecular complexity index is 469. The Hall–Kier alpha value is -0.860. The van der Waals surface area contributed by atoms with Crippen LogP contribution in [0.15, 0.2) is 4.90 Å². The van der Waals surface area contributed by atoms with Crippen molar-refractivity contribution < 1.29 is 0 Å². The van der Waals surface area contributed by atoms with E-state index in [0.717, 1.165) is 16.4 Å². The third-order valence-corrected chi connectivity index (χ3v) is 5.60. The van der Waals surface area contributed by atoms with Gasteiger partial charge in [0.2, 0.25) is 0 Å². The van der Waals surface area contributed by atoms with Crippen LogP contribution in [0.4, 0.5) is 10.7 Å². The number of hydrogen-bond acceptors (Lipinski definition) is 5. The minimum atomic E-state index is 0.510. The van der Waals surface area contributed by atoms with Crippen LogP contribution in [0.2, 0.25) is 0 Å². The molecular formula is C13H19N3S2. The van der Waals surface area contributed by atoms with Crippen LogP contribution < -0.4 is 11.1 Å². The van der Waals surface area contributed by atoms with Crippen LogP contribution in [-0.4, -0.2) is 12.8 Å². The zero-order chi connectivity index (χ0) is 13.2. The summed E-state index contributed by atoms with van der Waals surface area (Å²) >= 11 is 3.09. The smallest absolute Gasteiger partial charge is 0.131 e. The number of thioether (sulfide) groups is 1. The molecule has 0 amide bonds. The molecule has 98 valence electrons. The van der Waals surface area contributed by atoms with Gasteiger partial charge in [0.15, 0.2) is 0 Å². The summed E-state index contributed by atoms with van der Waals surface area (Å²) in [4.78, 5) is 1.66. The van der Waals surface area contributed by atoms with Crippen molar-refractivity contribution >= 4 is 33.8 Å². The first-order valence-electron chi connectivity index (χ1n) is 6.26. The number of thiophene rings is 1. The number of nitrogens with one attached hydrogen (secondary N) is 1. The molecule has 3 N–H and O–H groups in total. The SMILES string of the molecule is CCCC1(CNc2sc(C#N)c(N)c2SC)CC1. The summed E-state index contributed by atoms with van der Waals surface area (Å²) in [5, 5.41) is 13.6. The fourth-order valence-corrected chi connectivity index (χ4v) is 4.15.